The van der Waals surface area contributed by atoms with E-state index in [-0.39, 0.29) is 30.2 Å². The molecule has 27 heavy (non-hydrogen) atoms. The lowest BCUT2D eigenvalue weighted by molar-refractivity contribution is -0.384. The van der Waals surface area contributed by atoms with Crippen molar-refractivity contribution < 1.29 is 18.9 Å². The molecule has 0 bridgehead atoms. The Morgan fingerprint density at radius 2 is 2.00 bits per heavy atom. The zero-order valence-corrected chi connectivity index (χ0v) is 14.4. The van der Waals surface area contributed by atoms with Gasteiger partial charge < -0.3 is 10.2 Å². The van der Waals surface area contributed by atoms with Crippen molar-refractivity contribution in [3.8, 4) is 0 Å². The summed E-state index contributed by atoms with van der Waals surface area (Å²) >= 11 is 0. The fourth-order valence-corrected chi connectivity index (χ4v) is 3.03. The van der Waals surface area contributed by atoms with E-state index in [0.29, 0.717) is 13.0 Å². The molecule has 0 spiro atoms. The van der Waals surface area contributed by atoms with Gasteiger partial charge in [-0.05, 0) is 18.1 Å². The first-order valence-electron chi connectivity index (χ1n) is 8.50. The van der Waals surface area contributed by atoms with Gasteiger partial charge in [0.05, 0.1) is 16.5 Å². The van der Waals surface area contributed by atoms with E-state index in [0.717, 1.165) is 23.8 Å². The average Bonchev–Trinajstić information content (AvgIpc) is 3.03. The predicted octanol–water partition coefficient (Wildman–Crippen LogP) is 2.76. The number of hydrogen-bond acceptors (Lipinski definition) is 4. The second kappa shape index (κ2) is 7.94. The average molecular weight is 371 g/mol. The van der Waals surface area contributed by atoms with Crippen LogP contribution in [0.15, 0.2) is 48.5 Å². The van der Waals surface area contributed by atoms with E-state index in [9.17, 15) is 24.1 Å². The first kappa shape index (κ1) is 18.5. The quantitative estimate of drug-likeness (QED) is 0.624. The Bertz CT molecular complexity index is 873. The maximum absolute atomic E-state index is 13.8. The van der Waals surface area contributed by atoms with Crippen LogP contribution in [-0.4, -0.2) is 34.7 Å². The van der Waals surface area contributed by atoms with Crippen LogP contribution < -0.4 is 5.32 Å². The molecule has 1 saturated heterocycles. The summed E-state index contributed by atoms with van der Waals surface area (Å²) in [6.07, 6.45) is 0.720. The molecule has 0 radical (unpaired) electrons. The van der Waals surface area contributed by atoms with Crippen molar-refractivity contribution in [1.29, 1.82) is 0 Å². The topological polar surface area (TPSA) is 92.5 Å². The van der Waals surface area contributed by atoms with Crippen LogP contribution in [0.5, 0.6) is 0 Å². The Kier molecular flexibility index (Phi) is 5.44. The number of non-ortho nitro benzene ring substituents is 1. The molecule has 1 heterocycles. The number of anilines is 1. The van der Waals surface area contributed by atoms with E-state index in [1.54, 1.807) is 4.90 Å². The first-order chi connectivity index (χ1) is 12.9. The van der Waals surface area contributed by atoms with Gasteiger partial charge in [0.15, 0.2) is 0 Å². The second-order valence-electron chi connectivity index (χ2n) is 6.39. The largest absolute Gasteiger partial charge is 0.342 e. The molecule has 1 aliphatic rings. The minimum absolute atomic E-state index is 0.0389. The molecule has 1 fully saturated rings. The maximum atomic E-state index is 13.8. The molecule has 2 amide bonds. The summed E-state index contributed by atoms with van der Waals surface area (Å²) < 4.78 is 13.8. The standard InChI is InChI=1S/C19H18FN3O4/c20-16-7-6-15(23(26)27)11-17(16)21-19(25)14-10-18(24)22(12-14)9-8-13-4-2-1-3-5-13/h1-7,11,14H,8-10,12H2,(H,21,25). The number of rotatable bonds is 6. The van der Waals surface area contributed by atoms with Gasteiger partial charge in [-0.2, -0.15) is 0 Å². The van der Waals surface area contributed by atoms with E-state index in [4.69, 9.17) is 0 Å². The van der Waals surface area contributed by atoms with Gasteiger partial charge in [0, 0.05) is 31.6 Å². The van der Waals surface area contributed by atoms with Gasteiger partial charge in [0.1, 0.15) is 5.82 Å². The predicted molar refractivity (Wildman–Crippen MR) is 96.5 cm³/mol. The molecule has 2 aromatic carbocycles. The number of nitro groups is 1. The van der Waals surface area contributed by atoms with Crippen molar-refractivity contribution in [3.05, 3.63) is 70.0 Å². The number of hydrogen-bond donors (Lipinski definition) is 1. The molecule has 3 rings (SSSR count). The monoisotopic (exact) mass is 371 g/mol. The van der Waals surface area contributed by atoms with Gasteiger partial charge in [-0.15, -0.1) is 0 Å². The molecule has 1 aliphatic heterocycles. The fourth-order valence-electron chi connectivity index (χ4n) is 3.03. The van der Waals surface area contributed by atoms with Crippen molar-refractivity contribution in [2.45, 2.75) is 12.8 Å². The molecule has 8 heteroatoms. The Morgan fingerprint density at radius 3 is 2.70 bits per heavy atom. The van der Waals surface area contributed by atoms with Gasteiger partial charge in [-0.3, -0.25) is 19.7 Å². The molecule has 0 saturated carbocycles. The summed E-state index contributed by atoms with van der Waals surface area (Å²) in [4.78, 5) is 36.3. The zero-order chi connectivity index (χ0) is 19.4. The highest BCUT2D eigenvalue weighted by atomic mass is 19.1. The minimum atomic E-state index is -0.765. The minimum Gasteiger partial charge on any atom is -0.342 e. The SMILES string of the molecule is O=C(Nc1cc([N+](=O)[O-])ccc1F)C1CC(=O)N(CCc2ccccc2)C1. The molecule has 1 atom stereocenters. The third-order valence-corrected chi connectivity index (χ3v) is 4.52. The normalized spacial score (nSPS) is 16.4. The summed E-state index contributed by atoms with van der Waals surface area (Å²) in [7, 11) is 0. The molecule has 0 aromatic heterocycles. The third-order valence-electron chi connectivity index (χ3n) is 4.52. The van der Waals surface area contributed by atoms with E-state index in [1.807, 2.05) is 30.3 Å². The van der Waals surface area contributed by atoms with Crippen LogP contribution in [0, 0.1) is 21.8 Å². The van der Waals surface area contributed by atoms with Crippen LogP contribution in [0.2, 0.25) is 0 Å². The Hall–Kier alpha value is -3.29. The van der Waals surface area contributed by atoms with Crippen molar-refractivity contribution in [1.82, 2.24) is 4.90 Å². The Morgan fingerprint density at radius 1 is 1.26 bits per heavy atom. The molecule has 140 valence electrons. The Balaban J connectivity index is 1.60. The number of nitro benzene ring substituents is 1. The van der Waals surface area contributed by atoms with Crippen molar-refractivity contribution in [2.75, 3.05) is 18.4 Å². The number of nitrogens with one attached hydrogen (secondary N) is 1. The van der Waals surface area contributed by atoms with Crippen molar-refractivity contribution >= 4 is 23.2 Å². The zero-order valence-electron chi connectivity index (χ0n) is 14.4. The van der Waals surface area contributed by atoms with Gasteiger partial charge in [0.25, 0.3) is 5.69 Å². The highest BCUT2D eigenvalue weighted by Crippen LogP contribution is 2.24. The van der Waals surface area contributed by atoms with E-state index in [2.05, 4.69) is 5.32 Å². The number of carbonyl (C=O) groups is 2. The lowest BCUT2D eigenvalue weighted by Gasteiger charge is -2.16. The maximum Gasteiger partial charge on any atom is 0.271 e. The number of nitrogens with zero attached hydrogens (tertiary/aromatic N) is 2. The summed E-state index contributed by atoms with van der Waals surface area (Å²) in [5, 5.41) is 13.2. The molecular weight excluding hydrogens is 353 g/mol. The van der Waals surface area contributed by atoms with Gasteiger partial charge >= 0.3 is 0 Å². The summed E-state index contributed by atoms with van der Waals surface area (Å²) in [6.45, 7) is 0.742. The summed E-state index contributed by atoms with van der Waals surface area (Å²) in [5.74, 6) is -2.04. The van der Waals surface area contributed by atoms with Gasteiger partial charge in [-0.25, -0.2) is 4.39 Å². The van der Waals surface area contributed by atoms with Crippen LogP contribution in [-0.2, 0) is 16.0 Å². The number of likely N-dealkylation sites (tertiary alicyclic amines) is 1. The van der Waals surface area contributed by atoms with E-state index < -0.39 is 22.6 Å². The molecule has 2 aromatic rings. The molecule has 7 nitrogen and oxygen atoms in total. The van der Waals surface area contributed by atoms with E-state index >= 15 is 0 Å². The summed E-state index contributed by atoms with van der Waals surface area (Å²) in [5.41, 5.74) is 0.514. The van der Waals surface area contributed by atoms with Crippen molar-refractivity contribution in [3.63, 3.8) is 0 Å². The number of halogens is 1. The Labute approximate surface area is 154 Å². The van der Waals surface area contributed by atoms with Crippen molar-refractivity contribution in [2.24, 2.45) is 5.92 Å². The molecule has 1 N–H and O–H groups in total. The smallest absolute Gasteiger partial charge is 0.271 e. The highest BCUT2D eigenvalue weighted by Gasteiger charge is 2.34. The van der Waals surface area contributed by atoms with Crippen LogP contribution in [0.3, 0.4) is 0 Å². The van der Waals surface area contributed by atoms with Gasteiger partial charge in [0.2, 0.25) is 11.8 Å². The number of benzene rings is 2. The van der Waals surface area contributed by atoms with Crippen LogP contribution >= 0.6 is 0 Å². The lowest BCUT2D eigenvalue weighted by atomic mass is 10.1. The molecule has 1 unspecified atom stereocenters. The first-order valence-corrected chi connectivity index (χ1v) is 8.50. The van der Waals surface area contributed by atoms with Crippen LogP contribution in [0.4, 0.5) is 15.8 Å². The molecular formula is C19H18FN3O4. The molecule has 0 aliphatic carbocycles. The lowest BCUT2D eigenvalue weighted by Crippen LogP contribution is -2.30. The van der Waals surface area contributed by atoms with E-state index in [1.165, 1.54) is 0 Å². The number of amides is 2. The van der Waals surface area contributed by atoms with Crippen LogP contribution in [0.1, 0.15) is 12.0 Å². The highest BCUT2D eigenvalue weighted by molar-refractivity contribution is 5.97. The van der Waals surface area contributed by atoms with Crippen LogP contribution in [0.25, 0.3) is 0 Å². The summed E-state index contributed by atoms with van der Waals surface area (Å²) in [6, 6.07) is 12.6. The van der Waals surface area contributed by atoms with Gasteiger partial charge in [-0.1, -0.05) is 30.3 Å². The fraction of sp³-hybridized carbons (Fsp3) is 0.263. The second-order valence-corrected chi connectivity index (χ2v) is 6.39. The third kappa shape index (κ3) is 4.46. The number of carbonyl (C=O) groups excluding carboxylic acids is 2.